The first-order valence-corrected chi connectivity index (χ1v) is 8.26. The molecule has 1 unspecified atom stereocenters. The average Bonchev–Trinajstić information content (AvgIpc) is 2.18. The molecule has 0 rings (SSSR count). The van der Waals surface area contributed by atoms with Crippen LogP contribution in [0.1, 0.15) is 41.0 Å². The van der Waals surface area contributed by atoms with E-state index in [1.165, 1.54) is 0 Å². The number of nitrogens with one attached hydrogen (secondary N) is 1. The van der Waals surface area contributed by atoms with Gasteiger partial charge in [0.2, 0.25) is 0 Å². The van der Waals surface area contributed by atoms with Gasteiger partial charge < -0.3 is 13.3 Å². The van der Waals surface area contributed by atoms with Crippen LogP contribution in [0.3, 0.4) is 0 Å². The fraction of sp³-hybridized carbons (Fsp3) is 1.00. The zero-order chi connectivity index (χ0) is 12.4. The van der Waals surface area contributed by atoms with E-state index in [0.29, 0.717) is 13.2 Å². The predicted molar refractivity (Wildman–Crippen MR) is 68.3 cm³/mol. The second-order valence-corrected chi connectivity index (χ2v) is 6.30. The minimum absolute atomic E-state index is 0.0127. The van der Waals surface area contributed by atoms with Crippen LogP contribution < -0.4 is 5.32 Å². The SMILES string of the molecule is CCC[Si](OCC)(OCC)OC(C)NCC. The summed E-state index contributed by atoms with van der Waals surface area (Å²) < 4.78 is 17.5. The summed E-state index contributed by atoms with van der Waals surface area (Å²) in [4.78, 5) is 0. The van der Waals surface area contributed by atoms with Gasteiger partial charge in [0.1, 0.15) is 0 Å². The Morgan fingerprint density at radius 1 is 1.06 bits per heavy atom. The van der Waals surface area contributed by atoms with Crippen molar-refractivity contribution in [2.24, 2.45) is 0 Å². The van der Waals surface area contributed by atoms with Gasteiger partial charge in [-0.3, -0.25) is 5.32 Å². The first-order chi connectivity index (χ1) is 7.64. The van der Waals surface area contributed by atoms with Gasteiger partial charge in [-0.1, -0.05) is 20.3 Å². The minimum Gasteiger partial charge on any atom is -0.374 e. The zero-order valence-electron chi connectivity index (χ0n) is 11.3. The molecule has 0 aromatic carbocycles. The van der Waals surface area contributed by atoms with Gasteiger partial charge in [-0.2, -0.15) is 0 Å². The Bertz CT molecular complexity index is 152. The topological polar surface area (TPSA) is 39.7 Å². The Morgan fingerprint density at radius 2 is 1.62 bits per heavy atom. The van der Waals surface area contributed by atoms with Gasteiger partial charge in [0, 0.05) is 19.3 Å². The molecule has 1 N–H and O–H groups in total. The standard InChI is InChI=1S/C11H27NO3Si/c1-6-10-16(13-8-3,14-9-4)15-11(5)12-7-2/h11-12H,6-10H2,1-5H3. The molecule has 4 nitrogen and oxygen atoms in total. The van der Waals surface area contributed by atoms with E-state index in [0.717, 1.165) is 19.0 Å². The molecule has 0 heterocycles. The molecule has 0 bridgehead atoms. The van der Waals surface area contributed by atoms with Crippen LogP contribution in [-0.2, 0) is 13.3 Å². The molecule has 98 valence electrons. The van der Waals surface area contributed by atoms with Crippen molar-refractivity contribution in [2.75, 3.05) is 19.8 Å². The summed E-state index contributed by atoms with van der Waals surface area (Å²) in [5.74, 6) is 0. The Kier molecular flexibility index (Phi) is 9.16. The quantitative estimate of drug-likeness (QED) is 0.477. The molecule has 0 aliphatic rings. The van der Waals surface area contributed by atoms with E-state index in [1.54, 1.807) is 0 Å². The molecule has 0 spiro atoms. The molecular weight excluding hydrogens is 222 g/mol. The third-order valence-electron chi connectivity index (χ3n) is 2.13. The molecule has 5 heteroatoms. The molecular formula is C11H27NO3Si. The summed E-state index contributed by atoms with van der Waals surface area (Å²) in [6, 6.07) is 0.879. The molecule has 0 aliphatic heterocycles. The lowest BCUT2D eigenvalue weighted by atomic mass is 10.6. The van der Waals surface area contributed by atoms with Gasteiger partial charge >= 0.3 is 8.80 Å². The maximum atomic E-state index is 5.98. The third-order valence-corrected chi connectivity index (χ3v) is 5.41. The molecule has 0 aromatic rings. The minimum atomic E-state index is -2.46. The summed E-state index contributed by atoms with van der Waals surface area (Å²) in [6.45, 7) is 12.3. The van der Waals surface area contributed by atoms with Crippen molar-refractivity contribution in [1.82, 2.24) is 5.32 Å². The molecule has 0 radical (unpaired) electrons. The fourth-order valence-electron chi connectivity index (χ4n) is 1.66. The molecule has 1 atom stereocenters. The third kappa shape index (κ3) is 5.96. The predicted octanol–water partition coefficient (Wildman–Crippen LogP) is 2.38. The van der Waals surface area contributed by atoms with Crippen molar-refractivity contribution in [3.63, 3.8) is 0 Å². The molecule has 0 aliphatic carbocycles. The van der Waals surface area contributed by atoms with E-state index in [1.807, 2.05) is 20.8 Å². The Labute approximate surface area is 101 Å². The van der Waals surface area contributed by atoms with Crippen molar-refractivity contribution in [3.8, 4) is 0 Å². The van der Waals surface area contributed by atoms with Crippen LogP contribution in [0.25, 0.3) is 0 Å². The Hall–Kier alpha value is 0.0569. The fourth-order valence-corrected chi connectivity index (χ4v) is 4.40. The zero-order valence-corrected chi connectivity index (χ0v) is 12.3. The van der Waals surface area contributed by atoms with Gasteiger partial charge in [-0.25, -0.2) is 0 Å². The highest BCUT2D eigenvalue weighted by Crippen LogP contribution is 2.19. The number of hydrogen-bond donors (Lipinski definition) is 1. The smallest absolute Gasteiger partial charge is 0.374 e. The molecule has 0 fully saturated rings. The lowest BCUT2D eigenvalue weighted by Gasteiger charge is -2.31. The summed E-state index contributed by atoms with van der Waals surface area (Å²) in [5.41, 5.74) is 0. The average molecular weight is 249 g/mol. The van der Waals surface area contributed by atoms with Crippen LogP contribution in [0.2, 0.25) is 6.04 Å². The lowest BCUT2D eigenvalue weighted by Crippen LogP contribution is -2.50. The molecule has 16 heavy (non-hydrogen) atoms. The first kappa shape index (κ1) is 16.1. The van der Waals surface area contributed by atoms with E-state index in [4.69, 9.17) is 13.3 Å². The number of rotatable bonds is 10. The van der Waals surface area contributed by atoms with Crippen molar-refractivity contribution < 1.29 is 13.3 Å². The highest BCUT2D eigenvalue weighted by molar-refractivity contribution is 6.60. The van der Waals surface area contributed by atoms with Gasteiger partial charge in [-0.05, 0) is 27.3 Å². The van der Waals surface area contributed by atoms with Gasteiger partial charge in [0.25, 0.3) is 0 Å². The second kappa shape index (κ2) is 9.12. The van der Waals surface area contributed by atoms with Crippen molar-refractivity contribution in [2.45, 2.75) is 53.3 Å². The van der Waals surface area contributed by atoms with Gasteiger partial charge in [0.15, 0.2) is 0 Å². The number of hydrogen-bond acceptors (Lipinski definition) is 4. The van der Waals surface area contributed by atoms with Crippen LogP contribution >= 0.6 is 0 Å². The summed E-state index contributed by atoms with van der Waals surface area (Å²) in [5, 5.41) is 3.23. The van der Waals surface area contributed by atoms with Crippen molar-refractivity contribution in [1.29, 1.82) is 0 Å². The monoisotopic (exact) mass is 249 g/mol. The Balaban J connectivity index is 4.44. The van der Waals surface area contributed by atoms with E-state index < -0.39 is 8.80 Å². The lowest BCUT2D eigenvalue weighted by molar-refractivity contribution is 0.0272. The first-order valence-electron chi connectivity index (χ1n) is 6.33. The van der Waals surface area contributed by atoms with Crippen molar-refractivity contribution in [3.05, 3.63) is 0 Å². The van der Waals surface area contributed by atoms with Crippen molar-refractivity contribution >= 4 is 8.80 Å². The van der Waals surface area contributed by atoms with Gasteiger partial charge in [0.05, 0.1) is 6.23 Å². The highest BCUT2D eigenvalue weighted by Gasteiger charge is 2.41. The van der Waals surface area contributed by atoms with Gasteiger partial charge in [-0.15, -0.1) is 0 Å². The molecule has 0 amide bonds. The summed E-state index contributed by atoms with van der Waals surface area (Å²) >= 11 is 0. The van der Waals surface area contributed by atoms with Crippen LogP contribution in [0.15, 0.2) is 0 Å². The van der Waals surface area contributed by atoms with Crippen LogP contribution in [-0.4, -0.2) is 34.8 Å². The Morgan fingerprint density at radius 3 is 2.00 bits per heavy atom. The van der Waals surface area contributed by atoms with E-state index >= 15 is 0 Å². The summed E-state index contributed by atoms with van der Waals surface area (Å²) in [7, 11) is -2.46. The second-order valence-electron chi connectivity index (χ2n) is 3.62. The maximum Gasteiger partial charge on any atom is 0.502 e. The van der Waals surface area contributed by atoms with E-state index in [9.17, 15) is 0 Å². The van der Waals surface area contributed by atoms with E-state index in [2.05, 4.69) is 19.2 Å². The van der Waals surface area contributed by atoms with Crippen LogP contribution in [0.4, 0.5) is 0 Å². The molecule has 0 saturated carbocycles. The summed E-state index contributed by atoms with van der Waals surface area (Å²) in [6.07, 6.45) is 1.01. The highest BCUT2D eigenvalue weighted by atomic mass is 28.4. The van der Waals surface area contributed by atoms with E-state index in [-0.39, 0.29) is 6.23 Å². The largest absolute Gasteiger partial charge is 0.502 e. The molecule has 0 saturated heterocycles. The van der Waals surface area contributed by atoms with Crippen LogP contribution in [0, 0.1) is 0 Å². The maximum absolute atomic E-state index is 5.98. The molecule has 0 aromatic heterocycles. The normalized spacial score (nSPS) is 14.1. The van der Waals surface area contributed by atoms with Crippen LogP contribution in [0.5, 0.6) is 0 Å².